The minimum Gasteiger partial charge on any atom is -0.303 e. The Hall–Kier alpha value is -2.22. The molecule has 0 aliphatic carbocycles. The molecule has 1 aliphatic rings. The molecule has 1 aliphatic heterocycles. The van der Waals surface area contributed by atoms with E-state index in [-0.39, 0.29) is 12.1 Å². The fourth-order valence-corrected chi connectivity index (χ4v) is 5.51. The fraction of sp³-hybridized carbons (Fsp3) is 0.381. The van der Waals surface area contributed by atoms with Crippen molar-refractivity contribution in [2.75, 3.05) is 26.7 Å². The fourth-order valence-electron chi connectivity index (χ4n) is 3.88. The molecule has 0 N–H and O–H groups in total. The zero-order valence-electron chi connectivity index (χ0n) is 16.5. The first-order valence-electron chi connectivity index (χ1n) is 9.60. The first-order valence-corrected chi connectivity index (χ1v) is 11.0. The van der Waals surface area contributed by atoms with Gasteiger partial charge in [0, 0.05) is 31.1 Å². The van der Waals surface area contributed by atoms with Crippen LogP contribution in [0.2, 0.25) is 0 Å². The van der Waals surface area contributed by atoms with E-state index in [9.17, 15) is 8.42 Å². The van der Waals surface area contributed by atoms with Crippen LogP contribution >= 0.6 is 0 Å². The average molecular weight is 399 g/mol. The molecular formula is C21H26N4O2S. The highest BCUT2D eigenvalue weighted by Crippen LogP contribution is 2.32. The third-order valence-corrected chi connectivity index (χ3v) is 7.29. The number of benzene rings is 2. The van der Waals surface area contributed by atoms with Gasteiger partial charge in [0.15, 0.2) is 0 Å². The number of hydrogen-bond acceptors (Lipinski definition) is 4. The lowest BCUT2D eigenvalue weighted by atomic mass is 10.1. The molecule has 2 aromatic carbocycles. The Kier molecular flexibility index (Phi) is 4.99. The van der Waals surface area contributed by atoms with Gasteiger partial charge in [-0.3, -0.25) is 4.68 Å². The second kappa shape index (κ2) is 7.31. The summed E-state index contributed by atoms with van der Waals surface area (Å²) < 4.78 is 30.6. The topological polar surface area (TPSA) is 58.4 Å². The lowest BCUT2D eigenvalue weighted by Crippen LogP contribution is -2.49. The van der Waals surface area contributed by atoms with Crippen LogP contribution in [0.1, 0.15) is 31.5 Å². The van der Waals surface area contributed by atoms with Crippen LogP contribution in [0.4, 0.5) is 0 Å². The molecule has 1 fully saturated rings. The largest absolute Gasteiger partial charge is 0.303 e. The number of hydrogen-bond donors (Lipinski definition) is 0. The molecule has 1 aromatic heterocycles. The zero-order chi connectivity index (χ0) is 19.9. The Morgan fingerprint density at radius 3 is 2.54 bits per heavy atom. The van der Waals surface area contributed by atoms with E-state index in [4.69, 9.17) is 0 Å². The monoisotopic (exact) mass is 398 g/mol. The van der Waals surface area contributed by atoms with Crippen LogP contribution in [0.15, 0.2) is 59.6 Å². The highest BCUT2D eigenvalue weighted by atomic mass is 32.2. The van der Waals surface area contributed by atoms with Gasteiger partial charge in [0.1, 0.15) is 0 Å². The maximum atomic E-state index is 13.5. The van der Waals surface area contributed by atoms with E-state index in [1.165, 1.54) is 0 Å². The number of nitrogens with zero attached hydrogens (tertiary/aromatic N) is 4. The summed E-state index contributed by atoms with van der Waals surface area (Å²) in [6, 6.07) is 15.2. The summed E-state index contributed by atoms with van der Waals surface area (Å²) in [5.41, 5.74) is 1.97. The number of aromatic nitrogens is 2. The Labute approximate surface area is 166 Å². The smallest absolute Gasteiger partial charge is 0.243 e. The van der Waals surface area contributed by atoms with Gasteiger partial charge in [0.25, 0.3) is 0 Å². The molecule has 6 nitrogen and oxygen atoms in total. The van der Waals surface area contributed by atoms with Gasteiger partial charge in [-0.15, -0.1) is 0 Å². The molecule has 1 unspecified atom stereocenters. The number of likely N-dealkylation sites (N-methyl/N-ethyl adjacent to an activating group) is 1. The van der Waals surface area contributed by atoms with Gasteiger partial charge in [-0.05, 0) is 44.7 Å². The highest BCUT2D eigenvalue weighted by molar-refractivity contribution is 7.89. The number of piperazine rings is 1. The lowest BCUT2D eigenvalue weighted by Gasteiger charge is -2.39. The van der Waals surface area contributed by atoms with Crippen LogP contribution in [-0.4, -0.2) is 54.1 Å². The summed E-state index contributed by atoms with van der Waals surface area (Å²) in [4.78, 5) is 2.51. The van der Waals surface area contributed by atoms with Gasteiger partial charge in [-0.25, -0.2) is 8.42 Å². The van der Waals surface area contributed by atoms with Gasteiger partial charge >= 0.3 is 0 Å². The molecule has 1 atom stereocenters. The first kappa shape index (κ1) is 19.1. The van der Waals surface area contributed by atoms with Gasteiger partial charge in [0.05, 0.1) is 22.7 Å². The molecule has 148 valence electrons. The Morgan fingerprint density at radius 2 is 1.82 bits per heavy atom. The Bertz CT molecular complexity index is 1080. The third-order valence-electron chi connectivity index (χ3n) is 5.38. The van der Waals surface area contributed by atoms with Crippen molar-refractivity contribution in [1.29, 1.82) is 0 Å². The van der Waals surface area contributed by atoms with Crippen molar-refractivity contribution in [3.63, 3.8) is 0 Å². The molecule has 2 heterocycles. The van der Waals surface area contributed by atoms with Crippen molar-refractivity contribution in [3.05, 3.63) is 60.3 Å². The molecule has 0 spiro atoms. The van der Waals surface area contributed by atoms with Gasteiger partial charge in [-0.1, -0.05) is 30.3 Å². The van der Waals surface area contributed by atoms with E-state index < -0.39 is 10.0 Å². The number of rotatable bonds is 4. The lowest BCUT2D eigenvalue weighted by molar-refractivity contribution is 0.161. The molecule has 0 saturated carbocycles. The third kappa shape index (κ3) is 3.34. The van der Waals surface area contributed by atoms with E-state index in [1.807, 2.05) is 48.1 Å². The van der Waals surface area contributed by atoms with Crippen LogP contribution in [0.25, 0.3) is 10.9 Å². The van der Waals surface area contributed by atoms with Crippen molar-refractivity contribution < 1.29 is 8.42 Å². The minimum atomic E-state index is -3.62. The summed E-state index contributed by atoms with van der Waals surface area (Å²) in [6.45, 7) is 5.99. The van der Waals surface area contributed by atoms with Crippen molar-refractivity contribution in [3.8, 4) is 0 Å². The van der Waals surface area contributed by atoms with Crippen LogP contribution in [0, 0.1) is 0 Å². The molecule has 28 heavy (non-hydrogen) atoms. The van der Waals surface area contributed by atoms with Crippen LogP contribution in [-0.2, 0) is 10.0 Å². The first-order chi connectivity index (χ1) is 13.4. The SMILES string of the molecule is CC(C)n1ncc2cc(S(=O)(=O)N3CCN(C)CC3c3ccccc3)ccc21. The summed E-state index contributed by atoms with van der Waals surface area (Å²) in [5.74, 6) is 0. The summed E-state index contributed by atoms with van der Waals surface area (Å²) in [5, 5.41) is 5.25. The normalized spacial score (nSPS) is 19.5. The summed E-state index contributed by atoms with van der Waals surface area (Å²) in [6.07, 6.45) is 1.74. The number of sulfonamides is 1. The quantitative estimate of drug-likeness (QED) is 0.677. The van der Waals surface area contributed by atoms with E-state index >= 15 is 0 Å². The molecule has 1 saturated heterocycles. The van der Waals surface area contributed by atoms with Crippen LogP contribution < -0.4 is 0 Å². The van der Waals surface area contributed by atoms with Crippen molar-refractivity contribution in [2.45, 2.75) is 30.8 Å². The van der Waals surface area contributed by atoms with Crippen molar-refractivity contribution in [1.82, 2.24) is 19.0 Å². The van der Waals surface area contributed by atoms with E-state index in [0.29, 0.717) is 18.0 Å². The Balaban J connectivity index is 1.74. The van der Waals surface area contributed by atoms with E-state index in [0.717, 1.165) is 23.0 Å². The van der Waals surface area contributed by atoms with Crippen LogP contribution in [0.5, 0.6) is 0 Å². The molecule has 0 amide bonds. The molecule has 3 aromatic rings. The zero-order valence-corrected chi connectivity index (χ0v) is 17.3. The molecule has 7 heteroatoms. The van der Waals surface area contributed by atoms with Crippen molar-refractivity contribution >= 4 is 20.9 Å². The van der Waals surface area contributed by atoms with Crippen LogP contribution in [0.3, 0.4) is 0 Å². The van der Waals surface area contributed by atoms with Gasteiger partial charge in [0.2, 0.25) is 10.0 Å². The van der Waals surface area contributed by atoms with Crippen molar-refractivity contribution in [2.24, 2.45) is 0 Å². The summed E-state index contributed by atoms with van der Waals surface area (Å²) >= 11 is 0. The molecule has 0 radical (unpaired) electrons. The predicted octanol–water partition coefficient (Wildman–Crippen LogP) is 3.29. The standard InChI is InChI=1S/C21H26N4O2S/c1-16(2)25-20-10-9-19(13-18(20)14-22-25)28(26,27)24-12-11-23(3)15-21(24)17-7-5-4-6-8-17/h4-10,13-14,16,21H,11-12,15H2,1-3H3. The van der Waals surface area contributed by atoms with Gasteiger partial charge in [-0.2, -0.15) is 9.40 Å². The highest BCUT2D eigenvalue weighted by Gasteiger charge is 2.36. The molecular weight excluding hydrogens is 372 g/mol. The van der Waals surface area contributed by atoms with E-state index in [1.54, 1.807) is 22.6 Å². The average Bonchev–Trinajstić information content (AvgIpc) is 3.12. The minimum absolute atomic E-state index is 0.195. The Morgan fingerprint density at radius 1 is 1.07 bits per heavy atom. The predicted molar refractivity (Wildman–Crippen MR) is 111 cm³/mol. The molecule has 0 bridgehead atoms. The maximum absolute atomic E-state index is 13.5. The second-order valence-corrected chi connectivity index (χ2v) is 9.60. The maximum Gasteiger partial charge on any atom is 0.243 e. The second-order valence-electron chi connectivity index (χ2n) is 7.71. The number of fused-ring (bicyclic) bond motifs is 1. The van der Waals surface area contributed by atoms with E-state index in [2.05, 4.69) is 23.8 Å². The molecule has 4 rings (SSSR count). The summed E-state index contributed by atoms with van der Waals surface area (Å²) in [7, 11) is -1.58. The van der Waals surface area contributed by atoms with Gasteiger partial charge < -0.3 is 4.90 Å².